The average molecular weight is 412 g/mol. The van der Waals surface area contributed by atoms with Crippen molar-refractivity contribution in [1.29, 1.82) is 0 Å². The smallest absolute Gasteiger partial charge is 0.409 e. The van der Waals surface area contributed by atoms with E-state index in [4.69, 9.17) is 14.2 Å². The molecule has 2 N–H and O–H groups in total. The highest BCUT2D eigenvalue weighted by Crippen LogP contribution is 2.24. The number of nitrogens with zero attached hydrogens (tertiary/aromatic N) is 2. The molecule has 9 heteroatoms. The second kappa shape index (κ2) is 10.4. The molecule has 0 bridgehead atoms. The molecule has 0 saturated heterocycles. The molecule has 30 heavy (non-hydrogen) atoms. The van der Waals surface area contributed by atoms with Crippen LogP contribution in [0.1, 0.15) is 10.4 Å². The molecule has 2 heterocycles. The molecule has 3 aromatic rings. The summed E-state index contributed by atoms with van der Waals surface area (Å²) in [7, 11) is 3.10. The van der Waals surface area contributed by atoms with E-state index < -0.39 is 6.09 Å². The van der Waals surface area contributed by atoms with Crippen molar-refractivity contribution in [2.45, 2.75) is 0 Å². The number of nitrogens with one attached hydrogen (secondary N) is 2. The fourth-order valence-electron chi connectivity index (χ4n) is 2.80. The number of rotatable bonds is 9. The number of hydrogen-bond donors (Lipinski definition) is 2. The SMILES string of the molecule is CNC(=O)Oc1ccc2ncc(-c3cccc(C(=O)NCCOCCOC)c3)n2c1. The first-order valence-corrected chi connectivity index (χ1v) is 9.44. The number of imidazole rings is 1. The molecule has 0 radical (unpaired) electrons. The largest absolute Gasteiger partial charge is 0.412 e. The quantitative estimate of drug-likeness (QED) is 0.522. The lowest BCUT2D eigenvalue weighted by atomic mass is 10.1. The predicted octanol–water partition coefficient (Wildman–Crippen LogP) is 2.11. The van der Waals surface area contributed by atoms with Crippen molar-refractivity contribution in [1.82, 2.24) is 20.0 Å². The Morgan fingerprint density at radius 2 is 2.00 bits per heavy atom. The van der Waals surface area contributed by atoms with Crippen molar-refractivity contribution in [2.75, 3.05) is 40.5 Å². The lowest BCUT2D eigenvalue weighted by Crippen LogP contribution is -2.27. The van der Waals surface area contributed by atoms with Crippen LogP contribution in [0.5, 0.6) is 5.75 Å². The van der Waals surface area contributed by atoms with Gasteiger partial charge in [-0.1, -0.05) is 12.1 Å². The third-order valence-electron chi connectivity index (χ3n) is 4.28. The minimum absolute atomic E-state index is 0.190. The van der Waals surface area contributed by atoms with E-state index in [9.17, 15) is 9.59 Å². The Balaban J connectivity index is 1.73. The summed E-state index contributed by atoms with van der Waals surface area (Å²) in [6.45, 7) is 1.83. The van der Waals surface area contributed by atoms with Gasteiger partial charge < -0.3 is 24.8 Å². The third kappa shape index (κ3) is 5.34. The molecule has 0 atom stereocenters. The van der Waals surface area contributed by atoms with Crippen LogP contribution in [0.25, 0.3) is 16.9 Å². The molecule has 2 amide bonds. The maximum absolute atomic E-state index is 12.4. The predicted molar refractivity (Wildman–Crippen MR) is 111 cm³/mol. The van der Waals surface area contributed by atoms with Crippen LogP contribution >= 0.6 is 0 Å². The summed E-state index contributed by atoms with van der Waals surface area (Å²) in [5.41, 5.74) is 2.79. The number of benzene rings is 1. The Morgan fingerprint density at radius 1 is 1.13 bits per heavy atom. The number of carbonyl (C=O) groups excluding carboxylic acids is 2. The van der Waals surface area contributed by atoms with E-state index in [0.29, 0.717) is 43.3 Å². The standard InChI is InChI=1S/C21H24N4O5/c1-22-21(27)30-17-6-7-19-24-13-18(25(19)14-17)15-4-3-5-16(12-15)20(26)23-8-9-29-11-10-28-2/h3-7,12-14H,8-11H2,1-2H3,(H,22,27)(H,23,26). The lowest BCUT2D eigenvalue weighted by Gasteiger charge is -2.09. The van der Waals surface area contributed by atoms with E-state index in [-0.39, 0.29) is 5.91 Å². The molecular formula is C21H24N4O5. The minimum atomic E-state index is -0.555. The highest BCUT2D eigenvalue weighted by Gasteiger charge is 2.11. The van der Waals surface area contributed by atoms with Gasteiger partial charge in [0.05, 0.1) is 37.9 Å². The van der Waals surface area contributed by atoms with Crippen molar-refractivity contribution in [3.05, 3.63) is 54.4 Å². The zero-order valence-electron chi connectivity index (χ0n) is 16.9. The van der Waals surface area contributed by atoms with Crippen molar-refractivity contribution >= 4 is 17.6 Å². The van der Waals surface area contributed by atoms with Gasteiger partial charge >= 0.3 is 6.09 Å². The van der Waals surface area contributed by atoms with Gasteiger partial charge in [0.15, 0.2) is 0 Å². The van der Waals surface area contributed by atoms with Gasteiger partial charge in [0.2, 0.25) is 0 Å². The van der Waals surface area contributed by atoms with E-state index in [2.05, 4.69) is 15.6 Å². The van der Waals surface area contributed by atoms with E-state index >= 15 is 0 Å². The van der Waals surface area contributed by atoms with Gasteiger partial charge in [0.25, 0.3) is 5.91 Å². The fourth-order valence-corrected chi connectivity index (χ4v) is 2.80. The molecule has 3 rings (SSSR count). The second-order valence-corrected chi connectivity index (χ2v) is 6.32. The second-order valence-electron chi connectivity index (χ2n) is 6.32. The van der Waals surface area contributed by atoms with Crippen molar-refractivity contribution in [2.24, 2.45) is 0 Å². The maximum atomic E-state index is 12.4. The van der Waals surface area contributed by atoms with Crippen LogP contribution in [0.4, 0.5) is 4.79 Å². The Labute approximate surface area is 174 Å². The van der Waals surface area contributed by atoms with Crippen molar-refractivity contribution in [3.8, 4) is 17.0 Å². The van der Waals surface area contributed by atoms with Crippen LogP contribution in [0.15, 0.2) is 48.8 Å². The van der Waals surface area contributed by atoms with Crippen molar-refractivity contribution in [3.63, 3.8) is 0 Å². The molecule has 0 saturated carbocycles. The zero-order valence-corrected chi connectivity index (χ0v) is 16.9. The number of amides is 2. The molecule has 0 spiro atoms. The summed E-state index contributed by atoms with van der Waals surface area (Å²) in [4.78, 5) is 28.3. The van der Waals surface area contributed by atoms with Crippen LogP contribution < -0.4 is 15.4 Å². The molecule has 0 unspecified atom stereocenters. The summed E-state index contributed by atoms with van der Waals surface area (Å²) in [5, 5.41) is 5.24. The molecule has 0 fully saturated rings. The number of hydrogen-bond acceptors (Lipinski definition) is 6. The molecule has 0 aliphatic heterocycles. The summed E-state index contributed by atoms with van der Waals surface area (Å²) < 4.78 is 17.2. The van der Waals surface area contributed by atoms with E-state index in [1.54, 1.807) is 48.2 Å². The Kier molecular flexibility index (Phi) is 7.36. The minimum Gasteiger partial charge on any atom is -0.409 e. The topological polar surface area (TPSA) is 103 Å². The van der Waals surface area contributed by atoms with Gasteiger partial charge in [-0.05, 0) is 24.3 Å². The molecule has 2 aromatic heterocycles. The monoisotopic (exact) mass is 412 g/mol. The van der Waals surface area contributed by atoms with Crippen LogP contribution in [0.3, 0.4) is 0 Å². The van der Waals surface area contributed by atoms with Crippen LogP contribution in [-0.4, -0.2) is 61.9 Å². The zero-order chi connectivity index (χ0) is 21.3. The number of pyridine rings is 1. The van der Waals surface area contributed by atoms with Gasteiger partial charge in [-0.3, -0.25) is 9.20 Å². The number of aromatic nitrogens is 2. The van der Waals surface area contributed by atoms with Crippen LogP contribution in [0, 0.1) is 0 Å². The Hall–Kier alpha value is -3.43. The lowest BCUT2D eigenvalue weighted by molar-refractivity contribution is 0.0692. The first kappa shape index (κ1) is 21.3. The molecule has 9 nitrogen and oxygen atoms in total. The molecule has 158 valence electrons. The maximum Gasteiger partial charge on any atom is 0.412 e. The summed E-state index contributed by atoms with van der Waals surface area (Å²) in [5.74, 6) is 0.188. The highest BCUT2D eigenvalue weighted by atomic mass is 16.6. The van der Waals surface area contributed by atoms with E-state index in [1.807, 2.05) is 12.1 Å². The first-order valence-electron chi connectivity index (χ1n) is 9.44. The first-order chi connectivity index (χ1) is 14.6. The molecule has 1 aromatic carbocycles. The average Bonchev–Trinajstić information content (AvgIpc) is 3.19. The van der Waals surface area contributed by atoms with Gasteiger partial charge in [-0.2, -0.15) is 0 Å². The highest BCUT2D eigenvalue weighted by molar-refractivity contribution is 5.95. The van der Waals surface area contributed by atoms with Gasteiger partial charge in [0.1, 0.15) is 11.4 Å². The number of methoxy groups -OCH3 is 1. The van der Waals surface area contributed by atoms with Crippen molar-refractivity contribution < 1.29 is 23.8 Å². The number of ether oxygens (including phenoxy) is 3. The van der Waals surface area contributed by atoms with Gasteiger partial charge in [-0.25, -0.2) is 9.78 Å². The fraction of sp³-hybridized carbons (Fsp3) is 0.286. The molecular weight excluding hydrogens is 388 g/mol. The normalized spacial score (nSPS) is 10.7. The summed E-state index contributed by atoms with van der Waals surface area (Å²) in [6.07, 6.45) is 2.83. The third-order valence-corrected chi connectivity index (χ3v) is 4.28. The summed E-state index contributed by atoms with van der Waals surface area (Å²) >= 11 is 0. The van der Waals surface area contributed by atoms with E-state index in [0.717, 1.165) is 11.3 Å². The van der Waals surface area contributed by atoms with E-state index in [1.165, 1.54) is 7.05 Å². The van der Waals surface area contributed by atoms with Crippen LogP contribution in [-0.2, 0) is 9.47 Å². The molecule has 0 aliphatic rings. The number of fused-ring (bicyclic) bond motifs is 1. The number of carbonyl (C=O) groups is 2. The van der Waals surface area contributed by atoms with Crippen LogP contribution in [0.2, 0.25) is 0 Å². The van der Waals surface area contributed by atoms with Gasteiger partial charge in [0, 0.05) is 31.8 Å². The Bertz CT molecular complexity index is 1020. The molecule has 0 aliphatic carbocycles. The Morgan fingerprint density at radius 3 is 2.80 bits per heavy atom. The summed E-state index contributed by atoms with van der Waals surface area (Å²) in [6, 6.07) is 10.6. The van der Waals surface area contributed by atoms with Gasteiger partial charge in [-0.15, -0.1) is 0 Å².